The number of nitrogens with one attached hydrogen (secondary N) is 1. The highest BCUT2D eigenvalue weighted by molar-refractivity contribution is 6.44. The fourth-order valence-electron chi connectivity index (χ4n) is 1.24. The molecule has 0 bridgehead atoms. The van der Waals surface area contributed by atoms with Gasteiger partial charge in [-0.2, -0.15) is 0 Å². The van der Waals surface area contributed by atoms with Crippen LogP contribution in [0.1, 0.15) is 31.1 Å². The maximum atomic E-state index is 12.1. The first-order valence-corrected chi connectivity index (χ1v) is 6.16. The lowest BCUT2D eigenvalue weighted by Crippen LogP contribution is -2.51. The predicted molar refractivity (Wildman–Crippen MR) is 74.1 cm³/mol. The van der Waals surface area contributed by atoms with Gasteiger partial charge in [0.1, 0.15) is 0 Å². The van der Waals surface area contributed by atoms with E-state index in [0.29, 0.717) is 5.69 Å². The van der Waals surface area contributed by atoms with Gasteiger partial charge in [0.05, 0.1) is 27.3 Å². The zero-order chi connectivity index (χ0) is 14.1. The highest BCUT2D eigenvalue weighted by Crippen LogP contribution is 2.29. The van der Waals surface area contributed by atoms with E-state index < -0.39 is 17.6 Å². The van der Waals surface area contributed by atoms with Gasteiger partial charge in [0.2, 0.25) is 0 Å². The molecule has 0 aliphatic carbocycles. The molecule has 0 spiro atoms. The van der Waals surface area contributed by atoms with E-state index >= 15 is 0 Å². The monoisotopic (exact) mass is 290 g/mol. The third-order valence-corrected chi connectivity index (χ3v) is 3.58. The summed E-state index contributed by atoms with van der Waals surface area (Å²) in [5.74, 6) is -0.430. The number of carbonyl (C=O) groups excluding carboxylic acids is 1. The average molecular weight is 291 g/mol. The van der Waals surface area contributed by atoms with Crippen LogP contribution in [0, 0.1) is 0 Å². The normalized spacial score (nSPS) is 13.2. The lowest BCUT2D eigenvalue weighted by Gasteiger charge is -2.29. The summed E-state index contributed by atoms with van der Waals surface area (Å²) in [6.45, 7) is 5.00. The van der Waals surface area contributed by atoms with Crippen LogP contribution in [-0.4, -0.2) is 22.7 Å². The van der Waals surface area contributed by atoms with Crippen LogP contribution in [0.4, 0.5) is 5.69 Å². The van der Waals surface area contributed by atoms with Crippen LogP contribution in [0.25, 0.3) is 0 Å². The number of nitrogen functional groups attached to an aromatic ring is 1. The summed E-state index contributed by atoms with van der Waals surface area (Å²) >= 11 is 11.8. The Balaban J connectivity index is 3.06. The Bertz CT molecular complexity index is 473. The van der Waals surface area contributed by atoms with Gasteiger partial charge in [0, 0.05) is 5.69 Å². The SMILES string of the molecule is CC(O)C(C)(C)NC(=O)c1cc(N)cc(Cl)c1Cl. The van der Waals surface area contributed by atoms with Crippen molar-refractivity contribution in [1.82, 2.24) is 5.32 Å². The highest BCUT2D eigenvalue weighted by Gasteiger charge is 2.27. The van der Waals surface area contributed by atoms with E-state index in [-0.39, 0.29) is 15.6 Å². The molecule has 4 nitrogen and oxygen atoms in total. The first-order valence-electron chi connectivity index (χ1n) is 5.40. The maximum absolute atomic E-state index is 12.1. The predicted octanol–water partition coefficient (Wildman–Crippen LogP) is 2.46. The average Bonchev–Trinajstić information content (AvgIpc) is 2.22. The van der Waals surface area contributed by atoms with Crippen molar-refractivity contribution in [3.63, 3.8) is 0 Å². The quantitative estimate of drug-likeness (QED) is 0.749. The fourth-order valence-corrected chi connectivity index (χ4v) is 1.66. The molecule has 0 heterocycles. The Labute approximate surface area is 116 Å². The van der Waals surface area contributed by atoms with Gasteiger partial charge in [-0.15, -0.1) is 0 Å². The first kappa shape index (κ1) is 15.1. The number of amides is 1. The number of rotatable bonds is 3. The molecular formula is C12H16Cl2N2O2. The molecule has 0 saturated heterocycles. The standard InChI is InChI=1S/C12H16Cl2N2O2/c1-6(17)12(2,3)16-11(18)8-4-7(15)5-9(13)10(8)14/h4-6,17H,15H2,1-3H3,(H,16,18). The van der Waals surface area contributed by atoms with Crippen molar-refractivity contribution in [2.75, 3.05) is 5.73 Å². The number of carbonyl (C=O) groups is 1. The van der Waals surface area contributed by atoms with Gasteiger partial charge in [-0.05, 0) is 32.9 Å². The van der Waals surface area contributed by atoms with Crippen LogP contribution in [0.2, 0.25) is 10.0 Å². The summed E-state index contributed by atoms with van der Waals surface area (Å²) in [4.78, 5) is 12.1. The molecule has 0 aliphatic heterocycles. The third kappa shape index (κ3) is 3.28. The second kappa shape index (κ2) is 5.34. The molecule has 0 aliphatic rings. The van der Waals surface area contributed by atoms with Gasteiger partial charge in [-0.3, -0.25) is 4.79 Å². The number of anilines is 1. The zero-order valence-electron chi connectivity index (χ0n) is 10.4. The summed E-state index contributed by atoms with van der Waals surface area (Å²) in [5, 5.41) is 12.6. The van der Waals surface area contributed by atoms with E-state index in [1.54, 1.807) is 20.8 Å². The van der Waals surface area contributed by atoms with Gasteiger partial charge < -0.3 is 16.2 Å². The van der Waals surface area contributed by atoms with Crippen molar-refractivity contribution in [3.8, 4) is 0 Å². The van der Waals surface area contributed by atoms with Crippen LogP contribution < -0.4 is 11.1 Å². The number of aliphatic hydroxyl groups is 1. The Morgan fingerprint density at radius 1 is 1.44 bits per heavy atom. The minimum Gasteiger partial charge on any atom is -0.399 e. The summed E-state index contributed by atoms with van der Waals surface area (Å²) < 4.78 is 0. The van der Waals surface area contributed by atoms with Crippen molar-refractivity contribution in [1.29, 1.82) is 0 Å². The van der Waals surface area contributed by atoms with E-state index in [9.17, 15) is 9.90 Å². The number of aliphatic hydroxyl groups excluding tert-OH is 1. The smallest absolute Gasteiger partial charge is 0.253 e. The van der Waals surface area contributed by atoms with Gasteiger partial charge >= 0.3 is 0 Å². The van der Waals surface area contributed by atoms with E-state index in [4.69, 9.17) is 28.9 Å². The molecule has 1 amide bonds. The second-order valence-corrected chi connectivity index (χ2v) is 5.50. The molecular weight excluding hydrogens is 275 g/mol. The van der Waals surface area contributed by atoms with Crippen LogP contribution in [0.3, 0.4) is 0 Å². The Morgan fingerprint density at radius 3 is 2.50 bits per heavy atom. The van der Waals surface area contributed by atoms with Gasteiger partial charge in [0.15, 0.2) is 0 Å². The third-order valence-electron chi connectivity index (χ3n) is 2.78. The van der Waals surface area contributed by atoms with E-state index in [2.05, 4.69) is 5.32 Å². The Morgan fingerprint density at radius 2 is 2.00 bits per heavy atom. The number of benzene rings is 1. The maximum Gasteiger partial charge on any atom is 0.253 e. The molecule has 0 saturated carbocycles. The number of halogens is 2. The number of hydrogen-bond acceptors (Lipinski definition) is 3. The summed E-state index contributed by atoms with van der Waals surface area (Å²) in [6.07, 6.45) is -0.711. The molecule has 1 unspecified atom stereocenters. The zero-order valence-corrected chi connectivity index (χ0v) is 11.9. The fraction of sp³-hybridized carbons (Fsp3) is 0.417. The van der Waals surface area contributed by atoms with Crippen molar-refractivity contribution in [3.05, 3.63) is 27.7 Å². The van der Waals surface area contributed by atoms with Crippen LogP contribution in [0.5, 0.6) is 0 Å². The minimum absolute atomic E-state index is 0.143. The highest BCUT2D eigenvalue weighted by atomic mass is 35.5. The molecule has 0 aromatic heterocycles. The van der Waals surface area contributed by atoms with Crippen LogP contribution >= 0.6 is 23.2 Å². The van der Waals surface area contributed by atoms with E-state index in [0.717, 1.165) is 0 Å². The van der Waals surface area contributed by atoms with Gasteiger partial charge in [0.25, 0.3) is 5.91 Å². The van der Waals surface area contributed by atoms with Crippen molar-refractivity contribution >= 4 is 34.8 Å². The molecule has 1 aromatic rings. The lowest BCUT2D eigenvalue weighted by atomic mass is 9.98. The molecule has 1 atom stereocenters. The van der Waals surface area contributed by atoms with Crippen LogP contribution in [-0.2, 0) is 0 Å². The molecule has 4 N–H and O–H groups in total. The van der Waals surface area contributed by atoms with E-state index in [1.807, 2.05) is 0 Å². The number of hydrogen-bond donors (Lipinski definition) is 3. The van der Waals surface area contributed by atoms with Crippen molar-refractivity contribution < 1.29 is 9.90 Å². The van der Waals surface area contributed by atoms with Crippen LogP contribution in [0.15, 0.2) is 12.1 Å². The molecule has 0 fully saturated rings. The summed E-state index contributed by atoms with van der Waals surface area (Å²) in [6, 6.07) is 2.92. The number of nitrogens with two attached hydrogens (primary N) is 1. The molecule has 6 heteroatoms. The summed E-state index contributed by atoms with van der Waals surface area (Å²) in [7, 11) is 0. The van der Waals surface area contributed by atoms with Gasteiger partial charge in [-0.25, -0.2) is 0 Å². The Kier molecular flexibility index (Phi) is 4.48. The van der Waals surface area contributed by atoms with Crippen molar-refractivity contribution in [2.24, 2.45) is 0 Å². The second-order valence-electron chi connectivity index (χ2n) is 4.72. The molecule has 100 valence electrons. The Hall–Kier alpha value is -0.970. The van der Waals surface area contributed by atoms with E-state index in [1.165, 1.54) is 12.1 Å². The lowest BCUT2D eigenvalue weighted by molar-refractivity contribution is 0.0709. The molecule has 0 radical (unpaired) electrons. The van der Waals surface area contributed by atoms with Gasteiger partial charge in [-0.1, -0.05) is 23.2 Å². The molecule has 1 aromatic carbocycles. The van der Waals surface area contributed by atoms with Crippen molar-refractivity contribution in [2.45, 2.75) is 32.4 Å². The first-order chi connectivity index (χ1) is 8.15. The molecule has 1 rings (SSSR count). The minimum atomic E-state index is -0.780. The molecule has 18 heavy (non-hydrogen) atoms. The topological polar surface area (TPSA) is 75.3 Å². The summed E-state index contributed by atoms with van der Waals surface area (Å²) in [5.41, 5.74) is 5.38. The largest absolute Gasteiger partial charge is 0.399 e.